The molecule has 2 aromatic carbocycles. The number of amides is 1. The smallest absolute Gasteiger partial charge is 0.476 e. The van der Waals surface area contributed by atoms with Gasteiger partial charge >= 0.3 is 23.8 Å². The first-order chi connectivity index (χ1) is 16.6. The number of carboxylic acids is 2. The lowest BCUT2D eigenvalue weighted by molar-refractivity contribution is -0.192. The van der Waals surface area contributed by atoms with Crippen LogP contribution in [-0.2, 0) is 14.4 Å². The topological polar surface area (TPSA) is 200 Å². The van der Waals surface area contributed by atoms with Crippen LogP contribution >= 0.6 is 0 Å². The van der Waals surface area contributed by atoms with E-state index in [1.54, 1.807) is 18.2 Å². The maximum absolute atomic E-state index is 12.7. The summed E-state index contributed by atoms with van der Waals surface area (Å²) in [5, 5.41) is 36.0. The van der Waals surface area contributed by atoms with Crippen LogP contribution < -0.4 is 15.8 Å². The number of nitrogens with two attached hydrogens (primary N) is 1. The minimum atomic E-state index is -5.08. The summed E-state index contributed by atoms with van der Waals surface area (Å²) in [4.78, 5) is 46.3. The second-order valence-electron chi connectivity index (χ2n) is 7.13. The van der Waals surface area contributed by atoms with Gasteiger partial charge in [-0.25, -0.2) is 9.59 Å². The monoisotopic (exact) mass is 513 g/mol. The zero-order valence-electron chi connectivity index (χ0n) is 18.6. The Morgan fingerprint density at radius 3 is 1.83 bits per heavy atom. The first-order valence-electron chi connectivity index (χ1n) is 9.86. The third-order valence-corrected chi connectivity index (χ3v) is 4.18. The third kappa shape index (κ3) is 8.39. The quantitative estimate of drug-likeness (QED) is 0.124. The van der Waals surface area contributed by atoms with Crippen LogP contribution in [0.3, 0.4) is 0 Å². The molecule has 11 nitrogen and oxygen atoms in total. The van der Waals surface area contributed by atoms with Gasteiger partial charge in [0.2, 0.25) is 5.78 Å². The number of carboxylic acid groups (broad SMARTS) is 2. The molecule has 14 heteroatoms. The Kier molecular flexibility index (Phi) is 10.1. The molecule has 0 fully saturated rings. The van der Waals surface area contributed by atoms with Gasteiger partial charge in [-0.05, 0) is 31.2 Å². The van der Waals surface area contributed by atoms with E-state index in [-0.39, 0.29) is 17.1 Å². The van der Waals surface area contributed by atoms with Crippen LogP contribution in [0.4, 0.5) is 13.2 Å². The number of halogens is 3. The summed E-state index contributed by atoms with van der Waals surface area (Å²) in [6.07, 6.45) is -6.78. The van der Waals surface area contributed by atoms with Crippen LogP contribution in [0.2, 0.25) is 0 Å². The number of ether oxygens (including phenoxy) is 1. The largest absolute Gasteiger partial charge is 0.490 e. The molecule has 0 radical (unpaired) electrons. The molecule has 2 atom stereocenters. The average Bonchev–Trinajstić information content (AvgIpc) is 2.78. The molecule has 2 rings (SSSR count). The Labute approximate surface area is 201 Å². The molecule has 1 amide bonds. The molecule has 7 N–H and O–H groups in total. The molecule has 36 heavy (non-hydrogen) atoms. The molecular weight excluding hydrogens is 491 g/mol. The average molecular weight is 513 g/mol. The molecule has 0 aromatic heterocycles. The number of Topliss-reactive ketones (excluding diaryl/α,β-unsaturated/α-hetero) is 1. The molecule has 0 spiro atoms. The van der Waals surface area contributed by atoms with Gasteiger partial charge in [-0.1, -0.05) is 30.3 Å². The molecule has 0 heterocycles. The van der Waals surface area contributed by atoms with Crippen LogP contribution in [0.5, 0.6) is 5.75 Å². The molecule has 2 aromatic rings. The van der Waals surface area contributed by atoms with Crippen molar-refractivity contribution in [2.75, 3.05) is 0 Å². The zero-order valence-corrected chi connectivity index (χ0v) is 18.6. The summed E-state index contributed by atoms with van der Waals surface area (Å²) in [6, 6.07) is 13.2. The van der Waals surface area contributed by atoms with Crippen molar-refractivity contribution >= 4 is 29.5 Å². The molecular formula is C22H22F3N3O8. The number of aliphatic carboxylic acids is 2. The number of hydrogen-bond donors (Lipinski definition) is 6. The van der Waals surface area contributed by atoms with Gasteiger partial charge in [0.1, 0.15) is 11.6 Å². The number of amidine groups is 1. The molecule has 0 aliphatic heterocycles. The Bertz CT molecular complexity index is 1110. The number of carbonyl (C=O) groups excluding carboxylic acids is 2. The number of benzene rings is 2. The summed E-state index contributed by atoms with van der Waals surface area (Å²) in [7, 11) is 0. The highest BCUT2D eigenvalue weighted by atomic mass is 19.4. The number of carbonyl (C=O) groups is 4. The summed E-state index contributed by atoms with van der Waals surface area (Å²) in [6.45, 7) is 1.31. The lowest BCUT2D eigenvalue weighted by Crippen LogP contribution is -2.64. The fourth-order valence-corrected chi connectivity index (χ4v) is 2.48. The second-order valence-corrected chi connectivity index (χ2v) is 7.13. The predicted molar refractivity (Wildman–Crippen MR) is 117 cm³/mol. The molecule has 0 bridgehead atoms. The number of ketones is 1. The Hall–Kier alpha value is -4.46. The van der Waals surface area contributed by atoms with E-state index in [4.69, 9.17) is 25.8 Å². The van der Waals surface area contributed by atoms with Crippen LogP contribution in [0.1, 0.15) is 29.3 Å². The van der Waals surface area contributed by atoms with E-state index in [1.807, 2.05) is 0 Å². The van der Waals surface area contributed by atoms with Gasteiger partial charge in [0.25, 0.3) is 5.91 Å². The standard InChI is InChI=1S/C20H21N3O6.C2HF3O2/c1-12(24)11-16(25)20(19(27)28,29-15-5-3-2-4-6-15)23-18(26)14-9-7-13(8-10-14)17(21)22;3-2(4,5)1(6)7/h2-10,12,24H,11H2,1H3,(H3,21,22)(H,23,26)(H,27,28);(H,6,7). The molecule has 0 aliphatic carbocycles. The zero-order chi connectivity index (χ0) is 27.7. The summed E-state index contributed by atoms with van der Waals surface area (Å²) >= 11 is 0. The molecule has 0 saturated carbocycles. The number of aliphatic hydroxyl groups is 1. The van der Waals surface area contributed by atoms with Crippen molar-refractivity contribution < 1.29 is 52.4 Å². The number of nitrogen functional groups attached to an aromatic ring is 1. The van der Waals surface area contributed by atoms with Gasteiger partial charge in [0, 0.05) is 17.5 Å². The van der Waals surface area contributed by atoms with Gasteiger partial charge in [-0.15, -0.1) is 0 Å². The van der Waals surface area contributed by atoms with Crippen molar-refractivity contribution in [1.29, 1.82) is 5.41 Å². The number of para-hydroxylation sites is 1. The minimum Gasteiger partial charge on any atom is -0.476 e. The highest BCUT2D eigenvalue weighted by Gasteiger charge is 2.50. The van der Waals surface area contributed by atoms with Gasteiger partial charge in [-0.2, -0.15) is 13.2 Å². The summed E-state index contributed by atoms with van der Waals surface area (Å²) in [5.74, 6) is -6.57. The Balaban J connectivity index is 0.000000809. The third-order valence-electron chi connectivity index (χ3n) is 4.18. The number of nitrogens with one attached hydrogen (secondary N) is 2. The fraction of sp³-hybridized carbons (Fsp3) is 0.227. The number of aliphatic hydroxyl groups excluding tert-OH is 1. The van der Waals surface area contributed by atoms with E-state index in [2.05, 4.69) is 5.32 Å². The van der Waals surface area contributed by atoms with Crippen molar-refractivity contribution in [3.05, 3.63) is 65.7 Å². The maximum Gasteiger partial charge on any atom is 0.490 e. The second kappa shape index (κ2) is 12.3. The fourth-order valence-electron chi connectivity index (χ4n) is 2.48. The molecule has 0 aliphatic rings. The first kappa shape index (κ1) is 29.6. The Morgan fingerprint density at radius 2 is 1.44 bits per heavy atom. The molecule has 2 unspecified atom stereocenters. The number of rotatable bonds is 9. The Morgan fingerprint density at radius 1 is 0.972 bits per heavy atom. The van der Waals surface area contributed by atoms with Gasteiger partial charge in [0.05, 0.1) is 6.10 Å². The van der Waals surface area contributed by atoms with E-state index in [1.165, 1.54) is 43.3 Å². The minimum absolute atomic E-state index is 0.0298. The molecule has 194 valence electrons. The normalized spacial score (nSPS) is 13.1. The van der Waals surface area contributed by atoms with Crippen molar-refractivity contribution in [1.82, 2.24) is 5.32 Å². The first-order valence-corrected chi connectivity index (χ1v) is 9.86. The lowest BCUT2D eigenvalue weighted by Gasteiger charge is -2.30. The lowest BCUT2D eigenvalue weighted by atomic mass is 10.0. The van der Waals surface area contributed by atoms with Crippen LogP contribution in [-0.4, -0.2) is 62.8 Å². The number of hydrogen-bond acceptors (Lipinski definition) is 7. The van der Waals surface area contributed by atoms with E-state index < -0.39 is 48.1 Å². The van der Waals surface area contributed by atoms with Crippen LogP contribution in [0, 0.1) is 5.41 Å². The van der Waals surface area contributed by atoms with E-state index in [0.717, 1.165) is 0 Å². The van der Waals surface area contributed by atoms with Crippen molar-refractivity contribution in [2.45, 2.75) is 31.3 Å². The van der Waals surface area contributed by atoms with Crippen molar-refractivity contribution in [3.63, 3.8) is 0 Å². The van der Waals surface area contributed by atoms with E-state index >= 15 is 0 Å². The SMILES string of the molecule is CC(O)CC(=O)C(NC(=O)c1ccc(C(=N)N)cc1)(Oc1ccccc1)C(=O)O.O=C(O)C(F)(F)F. The van der Waals surface area contributed by atoms with Gasteiger partial charge < -0.3 is 25.8 Å². The number of alkyl halides is 3. The highest BCUT2D eigenvalue weighted by Crippen LogP contribution is 2.21. The van der Waals surface area contributed by atoms with E-state index in [0.29, 0.717) is 5.56 Å². The van der Waals surface area contributed by atoms with Crippen molar-refractivity contribution in [3.8, 4) is 5.75 Å². The van der Waals surface area contributed by atoms with Gasteiger partial charge in [-0.3, -0.25) is 20.3 Å². The van der Waals surface area contributed by atoms with Crippen LogP contribution in [0.25, 0.3) is 0 Å². The van der Waals surface area contributed by atoms with Gasteiger partial charge in [0.15, 0.2) is 0 Å². The predicted octanol–water partition coefficient (Wildman–Crippen LogP) is 1.53. The summed E-state index contributed by atoms with van der Waals surface area (Å²) < 4.78 is 37.2. The maximum atomic E-state index is 12.7. The summed E-state index contributed by atoms with van der Waals surface area (Å²) in [5.41, 5.74) is 3.03. The highest BCUT2D eigenvalue weighted by molar-refractivity contribution is 6.11. The van der Waals surface area contributed by atoms with E-state index in [9.17, 15) is 37.8 Å². The van der Waals surface area contributed by atoms with Crippen molar-refractivity contribution in [2.24, 2.45) is 5.73 Å². The van der Waals surface area contributed by atoms with Crippen LogP contribution in [0.15, 0.2) is 54.6 Å². The molecule has 0 saturated heterocycles.